The van der Waals surface area contributed by atoms with Crippen molar-refractivity contribution < 1.29 is 14.3 Å². The Kier molecular flexibility index (Phi) is 3.78. The predicted molar refractivity (Wildman–Crippen MR) is 57.5 cm³/mol. The number of nitrogens with one attached hydrogen (secondary N) is 2. The molecule has 0 atom stereocenters. The Bertz CT molecular complexity index is 377. The number of hydrogen-bond donors (Lipinski definition) is 3. The lowest BCUT2D eigenvalue weighted by Crippen LogP contribution is -2.40. The van der Waals surface area contributed by atoms with Crippen LogP contribution in [0.5, 0.6) is 0 Å². The van der Waals surface area contributed by atoms with Crippen molar-refractivity contribution in [1.29, 1.82) is 0 Å². The first-order valence-corrected chi connectivity index (χ1v) is 4.75. The minimum atomic E-state index is -1.01. The zero-order valence-corrected chi connectivity index (χ0v) is 9.12. The van der Waals surface area contributed by atoms with Crippen molar-refractivity contribution in [3.63, 3.8) is 0 Å². The normalized spacial score (nSPS) is 11.0. The number of urea groups is 1. The van der Waals surface area contributed by atoms with Gasteiger partial charge in [0.2, 0.25) is 0 Å². The van der Waals surface area contributed by atoms with Gasteiger partial charge in [-0.3, -0.25) is 4.98 Å². The predicted octanol–water partition coefficient (Wildman–Crippen LogP) is 1.11. The summed E-state index contributed by atoms with van der Waals surface area (Å²) in [6.07, 6.45) is 2.38. The lowest BCUT2D eigenvalue weighted by molar-refractivity contribution is 0.0826. The average Bonchev–Trinajstić information content (AvgIpc) is 2.18. The molecule has 0 unspecified atom stereocenters. The molecule has 0 aliphatic carbocycles. The SMILES string of the molecule is CC(C)(O)CNC(=O)Nc1ccncc1F. The van der Waals surface area contributed by atoms with E-state index in [9.17, 15) is 14.3 Å². The van der Waals surface area contributed by atoms with Crippen LogP contribution in [-0.4, -0.2) is 28.3 Å². The van der Waals surface area contributed by atoms with Crippen LogP contribution in [0, 0.1) is 5.82 Å². The van der Waals surface area contributed by atoms with Crippen molar-refractivity contribution in [1.82, 2.24) is 10.3 Å². The summed E-state index contributed by atoms with van der Waals surface area (Å²) in [5.41, 5.74) is -0.961. The van der Waals surface area contributed by atoms with E-state index in [0.717, 1.165) is 6.20 Å². The number of carbonyl (C=O) groups excluding carboxylic acids is 1. The summed E-state index contributed by atoms with van der Waals surface area (Å²) >= 11 is 0. The highest BCUT2D eigenvalue weighted by atomic mass is 19.1. The number of halogens is 1. The molecular weight excluding hydrogens is 213 g/mol. The minimum absolute atomic E-state index is 0.0447. The van der Waals surface area contributed by atoms with E-state index < -0.39 is 17.4 Å². The van der Waals surface area contributed by atoms with Gasteiger partial charge in [-0.15, -0.1) is 0 Å². The lowest BCUT2D eigenvalue weighted by Gasteiger charge is -2.17. The molecule has 2 amide bonds. The minimum Gasteiger partial charge on any atom is -0.389 e. The quantitative estimate of drug-likeness (QED) is 0.724. The van der Waals surface area contributed by atoms with Gasteiger partial charge in [-0.05, 0) is 19.9 Å². The maximum atomic E-state index is 13.1. The van der Waals surface area contributed by atoms with E-state index in [-0.39, 0.29) is 12.2 Å². The number of aliphatic hydroxyl groups is 1. The second-order valence-electron chi connectivity index (χ2n) is 3.98. The fraction of sp³-hybridized carbons (Fsp3) is 0.400. The van der Waals surface area contributed by atoms with Crippen LogP contribution in [0.15, 0.2) is 18.5 Å². The largest absolute Gasteiger partial charge is 0.389 e. The highest BCUT2D eigenvalue weighted by Crippen LogP contribution is 2.10. The van der Waals surface area contributed by atoms with Crippen LogP contribution >= 0.6 is 0 Å². The third kappa shape index (κ3) is 4.22. The molecule has 1 heterocycles. The number of anilines is 1. The fourth-order valence-electron chi connectivity index (χ4n) is 0.940. The highest BCUT2D eigenvalue weighted by molar-refractivity contribution is 5.89. The molecule has 3 N–H and O–H groups in total. The molecule has 0 saturated carbocycles. The fourth-order valence-corrected chi connectivity index (χ4v) is 0.940. The average molecular weight is 227 g/mol. The lowest BCUT2D eigenvalue weighted by atomic mass is 10.1. The number of carbonyl (C=O) groups is 1. The Morgan fingerprint density at radius 3 is 2.88 bits per heavy atom. The van der Waals surface area contributed by atoms with Crippen molar-refractivity contribution in [2.75, 3.05) is 11.9 Å². The summed E-state index contributed by atoms with van der Waals surface area (Å²) in [6, 6.07) is 0.770. The highest BCUT2D eigenvalue weighted by Gasteiger charge is 2.14. The molecule has 16 heavy (non-hydrogen) atoms. The summed E-state index contributed by atoms with van der Waals surface area (Å²) in [6.45, 7) is 3.19. The first-order chi connectivity index (χ1) is 7.38. The summed E-state index contributed by atoms with van der Waals surface area (Å²) in [4.78, 5) is 14.8. The molecule has 0 fully saturated rings. The Balaban J connectivity index is 2.50. The third-order valence-electron chi connectivity index (χ3n) is 1.70. The van der Waals surface area contributed by atoms with Crippen molar-refractivity contribution in [2.24, 2.45) is 0 Å². The van der Waals surface area contributed by atoms with E-state index in [2.05, 4.69) is 15.6 Å². The third-order valence-corrected chi connectivity index (χ3v) is 1.70. The molecular formula is C10H14FN3O2. The van der Waals surface area contributed by atoms with Gasteiger partial charge in [0.1, 0.15) is 0 Å². The van der Waals surface area contributed by atoms with Gasteiger partial charge in [-0.2, -0.15) is 0 Å². The first kappa shape index (κ1) is 12.4. The van der Waals surface area contributed by atoms with Gasteiger partial charge in [0.25, 0.3) is 0 Å². The number of nitrogens with zero attached hydrogens (tertiary/aromatic N) is 1. The van der Waals surface area contributed by atoms with Gasteiger partial charge in [-0.1, -0.05) is 0 Å². The van der Waals surface area contributed by atoms with E-state index in [1.54, 1.807) is 13.8 Å². The molecule has 0 aliphatic heterocycles. The van der Waals surface area contributed by atoms with Crippen LogP contribution in [0.1, 0.15) is 13.8 Å². The van der Waals surface area contributed by atoms with E-state index in [0.29, 0.717) is 0 Å². The molecule has 0 spiro atoms. The molecule has 6 heteroatoms. The first-order valence-electron chi connectivity index (χ1n) is 4.75. The summed E-state index contributed by atoms with van der Waals surface area (Å²) in [5, 5.41) is 14.1. The zero-order chi connectivity index (χ0) is 12.2. The second kappa shape index (κ2) is 4.89. The molecule has 1 aromatic heterocycles. The van der Waals surface area contributed by atoms with Gasteiger partial charge in [0.15, 0.2) is 5.82 Å². The summed E-state index contributed by atoms with van der Waals surface area (Å²) < 4.78 is 13.1. The van der Waals surface area contributed by atoms with Crippen molar-refractivity contribution >= 4 is 11.7 Å². The Morgan fingerprint density at radius 1 is 1.62 bits per heavy atom. The van der Waals surface area contributed by atoms with Gasteiger partial charge < -0.3 is 15.7 Å². The molecule has 5 nitrogen and oxygen atoms in total. The number of amides is 2. The standard InChI is InChI=1S/C10H14FN3O2/c1-10(2,16)6-13-9(15)14-8-3-4-12-5-7(8)11/h3-5,16H,6H2,1-2H3,(H2,12,13,14,15). The van der Waals surface area contributed by atoms with Crippen LogP contribution in [0.25, 0.3) is 0 Å². The van der Waals surface area contributed by atoms with Gasteiger partial charge in [0, 0.05) is 12.7 Å². The number of hydrogen-bond acceptors (Lipinski definition) is 3. The molecule has 1 rings (SSSR count). The number of rotatable bonds is 3. The molecule has 88 valence electrons. The maximum absolute atomic E-state index is 13.1. The summed E-state index contributed by atoms with van der Waals surface area (Å²) in [5.74, 6) is -0.610. The zero-order valence-electron chi connectivity index (χ0n) is 9.12. The van der Waals surface area contributed by atoms with E-state index >= 15 is 0 Å². The van der Waals surface area contributed by atoms with Crippen molar-refractivity contribution in [2.45, 2.75) is 19.4 Å². The summed E-state index contributed by atoms with van der Waals surface area (Å²) in [7, 11) is 0. The van der Waals surface area contributed by atoms with Gasteiger partial charge in [0.05, 0.1) is 17.5 Å². The van der Waals surface area contributed by atoms with Crippen LogP contribution in [-0.2, 0) is 0 Å². The number of pyridine rings is 1. The molecule has 0 aromatic carbocycles. The molecule has 0 saturated heterocycles. The Hall–Kier alpha value is -1.69. The Labute approximate surface area is 92.7 Å². The maximum Gasteiger partial charge on any atom is 0.319 e. The van der Waals surface area contributed by atoms with Crippen LogP contribution in [0.3, 0.4) is 0 Å². The van der Waals surface area contributed by atoms with Gasteiger partial charge >= 0.3 is 6.03 Å². The van der Waals surface area contributed by atoms with Crippen LogP contribution in [0.2, 0.25) is 0 Å². The molecule has 0 aliphatic rings. The van der Waals surface area contributed by atoms with Crippen molar-refractivity contribution in [3.8, 4) is 0 Å². The van der Waals surface area contributed by atoms with Crippen molar-refractivity contribution in [3.05, 3.63) is 24.3 Å². The molecule has 0 radical (unpaired) electrons. The second-order valence-corrected chi connectivity index (χ2v) is 3.98. The van der Waals surface area contributed by atoms with Crippen LogP contribution in [0.4, 0.5) is 14.9 Å². The monoisotopic (exact) mass is 227 g/mol. The van der Waals surface area contributed by atoms with E-state index in [1.165, 1.54) is 12.3 Å². The number of aromatic nitrogens is 1. The Morgan fingerprint density at radius 2 is 2.31 bits per heavy atom. The van der Waals surface area contributed by atoms with Crippen LogP contribution < -0.4 is 10.6 Å². The van der Waals surface area contributed by atoms with E-state index in [4.69, 9.17) is 0 Å². The van der Waals surface area contributed by atoms with Gasteiger partial charge in [-0.25, -0.2) is 9.18 Å². The van der Waals surface area contributed by atoms with E-state index in [1.807, 2.05) is 0 Å². The topological polar surface area (TPSA) is 74.2 Å². The molecule has 1 aromatic rings. The molecule has 0 bridgehead atoms. The smallest absolute Gasteiger partial charge is 0.319 e.